The second-order valence-electron chi connectivity index (χ2n) is 3.40. The molecule has 0 atom stereocenters. The second-order valence-corrected chi connectivity index (χ2v) is 4.41. The van der Waals surface area contributed by atoms with Crippen molar-refractivity contribution in [2.75, 3.05) is 0 Å². The molecule has 2 aromatic rings. The van der Waals surface area contributed by atoms with Crippen molar-refractivity contribution >= 4 is 27.3 Å². The van der Waals surface area contributed by atoms with Gasteiger partial charge >= 0.3 is 4.87 Å². The summed E-state index contributed by atoms with van der Waals surface area (Å²) < 4.78 is 0.896. The third-order valence-corrected chi connectivity index (χ3v) is 3.08. The summed E-state index contributed by atoms with van der Waals surface area (Å²) in [5.74, 6) is 0.131. The standard InChI is InChI=1S/C11H11NO2S/c1-2-3-9(13)7-4-5-10-8(6-7)12-11(14)15-10/h4-6H,2-3H2,1H3,(H,12,14). The monoisotopic (exact) mass is 221 g/mol. The van der Waals surface area contributed by atoms with E-state index in [-0.39, 0.29) is 10.7 Å². The van der Waals surface area contributed by atoms with Crippen LogP contribution in [0.15, 0.2) is 23.0 Å². The van der Waals surface area contributed by atoms with Crippen LogP contribution in [0.5, 0.6) is 0 Å². The van der Waals surface area contributed by atoms with Gasteiger partial charge in [-0.2, -0.15) is 0 Å². The average molecular weight is 221 g/mol. The third-order valence-electron chi connectivity index (χ3n) is 2.22. The number of thiazole rings is 1. The van der Waals surface area contributed by atoms with E-state index in [0.29, 0.717) is 12.0 Å². The number of nitrogens with one attached hydrogen (secondary N) is 1. The minimum atomic E-state index is -0.0786. The highest BCUT2D eigenvalue weighted by Crippen LogP contribution is 2.17. The number of hydrogen-bond donors (Lipinski definition) is 1. The number of ketones is 1. The van der Waals surface area contributed by atoms with Gasteiger partial charge in [0, 0.05) is 12.0 Å². The number of hydrogen-bond acceptors (Lipinski definition) is 3. The molecule has 1 aromatic carbocycles. The Kier molecular flexibility index (Phi) is 2.68. The van der Waals surface area contributed by atoms with Gasteiger partial charge in [-0.15, -0.1) is 0 Å². The first kappa shape index (κ1) is 10.1. The molecule has 0 aliphatic carbocycles. The number of Topliss-reactive ketones (excluding diaryl/α,β-unsaturated/α-hetero) is 1. The van der Waals surface area contributed by atoms with Crippen LogP contribution in [0.3, 0.4) is 0 Å². The minimum Gasteiger partial charge on any atom is -0.312 e. The van der Waals surface area contributed by atoms with Crippen molar-refractivity contribution in [3.8, 4) is 0 Å². The summed E-state index contributed by atoms with van der Waals surface area (Å²) in [4.78, 5) is 25.3. The Morgan fingerprint density at radius 2 is 2.27 bits per heavy atom. The quantitative estimate of drug-likeness (QED) is 0.810. The molecular weight excluding hydrogens is 210 g/mol. The van der Waals surface area contributed by atoms with Crippen molar-refractivity contribution in [3.63, 3.8) is 0 Å². The normalized spacial score (nSPS) is 10.7. The zero-order valence-corrected chi connectivity index (χ0v) is 9.19. The summed E-state index contributed by atoms with van der Waals surface area (Å²) in [7, 11) is 0. The number of fused-ring (bicyclic) bond motifs is 1. The Balaban J connectivity index is 2.46. The number of H-pyrrole nitrogens is 1. The summed E-state index contributed by atoms with van der Waals surface area (Å²) in [6.07, 6.45) is 1.40. The fourth-order valence-electron chi connectivity index (χ4n) is 1.50. The molecule has 0 saturated carbocycles. The molecule has 2 rings (SSSR count). The van der Waals surface area contributed by atoms with Gasteiger partial charge in [-0.05, 0) is 24.6 Å². The molecule has 0 radical (unpaired) electrons. The number of benzene rings is 1. The maximum absolute atomic E-state index is 11.6. The highest BCUT2D eigenvalue weighted by atomic mass is 32.1. The van der Waals surface area contributed by atoms with Crippen molar-refractivity contribution in [1.29, 1.82) is 0 Å². The maximum Gasteiger partial charge on any atom is 0.305 e. The average Bonchev–Trinajstić information content (AvgIpc) is 2.57. The summed E-state index contributed by atoms with van der Waals surface area (Å²) in [6, 6.07) is 5.36. The van der Waals surface area contributed by atoms with Crippen molar-refractivity contribution in [1.82, 2.24) is 4.98 Å². The van der Waals surface area contributed by atoms with Crippen molar-refractivity contribution in [2.24, 2.45) is 0 Å². The predicted octanol–water partition coefficient (Wildman–Crippen LogP) is 2.57. The van der Waals surface area contributed by atoms with E-state index in [1.807, 2.05) is 13.0 Å². The van der Waals surface area contributed by atoms with Gasteiger partial charge < -0.3 is 4.98 Å². The Hall–Kier alpha value is -1.42. The SMILES string of the molecule is CCCC(=O)c1ccc2sc(=O)[nH]c2c1. The Labute approximate surface area is 90.8 Å². The molecule has 0 bridgehead atoms. The van der Waals surface area contributed by atoms with Crippen LogP contribution in [0.2, 0.25) is 0 Å². The van der Waals surface area contributed by atoms with E-state index in [0.717, 1.165) is 28.0 Å². The first-order valence-electron chi connectivity index (χ1n) is 4.87. The molecule has 0 aliphatic heterocycles. The zero-order chi connectivity index (χ0) is 10.8. The molecule has 0 unspecified atom stereocenters. The first-order valence-corrected chi connectivity index (χ1v) is 5.68. The summed E-state index contributed by atoms with van der Waals surface area (Å²) in [5, 5.41) is 0. The third kappa shape index (κ3) is 1.99. The van der Waals surface area contributed by atoms with Crippen LogP contribution in [0.1, 0.15) is 30.1 Å². The lowest BCUT2D eigenvalue weighted by Crippen LogP contribution is -1.97. The van der Waals surface area contributed by atoms with Gasteiger partial charge in [-0.25, -0.2) is 0 Å². The van der Waals surface area contributed by atoms with Crippen molar-refractivity contribution in [2.45, 2.75) is 19.8 Å². The largest absolute Gasteiger partial charge is 0.312 e. The maximum atomic E-state index is 11.6. The minimum absolute atomic E-state index is 0.0786. The van der Waals surface area contributed by atoms with Gasteiger partial charge in [0.2, 0.25) is 0 Å². The molecule has 4 heteroatoms. The fraction of sp³-hybridized carbons (Fsp3) is 0.273. The number of carbonyl (C=O) groups excluding carboxylic acids is 1. The van der Waals surface area contributed by atoms with Crippen LogP contribution >= 0.6 is 11.3 Å². The highest BCUT2D eigenvalue weighted by Gasteiger charge is 2.06. The molecule has 1 N–H and O–H groups in total. The number of aromatic amines is 1. The molecule has 15 heavy (non-hydrogen) atoms. The molecule has 1 heterocycles. The van der Waals surface area contributed by atoms with E-state index in [9.17, 15) is 9.59 Å². The van der Waals surface area contributed by atoms with Gasteiger partial charge in [0.25, 0.3) is 0 Å². The second kappa shape index (κ2) is 3.98. The van der Waals surface area contributed by atoms with Gasteiger partial charge in [-0.1, -0.05) is 18.3 Å². The number of rotatable bonds is 3. The fourth-order valence-corrected chi connectivity index (χ4v) is 2.21. The van der Waals surface area contributed by atoms with Crippen molar-refractivity contribution in [3.05, 3.63) is 33.4 Å². The molecule has 0 saturated heterocycles. The van der Waals surface area contributed by atoms with Crippen LogP contribution in [0.4, 0.5) is 0 Å². The zero-order valence-electron chi connectivity index (χ0n) is 8.37. The lowest BCUT2D eigenvalue weighted by atomic mass is 10.1. The summed E-state index contributed by atoms with van der Waals surface area (Å²) in [6.45, 7) is 1.98. The first-order chi connectivity index (χ1) is 7.20. The summed E-state index contributed by atoms with van der Waals surface area (Å²) >= 11 is 1.16. The molecule has 0 spiro atoms. The van der Waals surface area contributed by atoms with Gasteiger partial charge in [0.1, 0.15) is 0 Å². The van der Waals surface area contributed by atoms with E-state index in [4.69, 9.17) is 0 Å². The molecule has 78 valence electrons. The van der Waals surface area contributed by atoms with Gasteiger partial charge in [0.15, 0.2) is 5.78 Å². The van der Waals surface area contributed by atoms with E-state index in [1.54, 1.807) is 12.1 Å². The van der Waals surface area contributed by atoms with Crippen LogP contribution in [-0.2, 0) is 0 Å². The number of carbonyl (C=O) groups is 1. The molecule has 1 aromatic heterocycles. The smallest absolute Gasteiger partial charge is 0.305 e. The van der Waals surface area contributed by atoms with Crippen LogP contribution in [-0.4, -0.2) is 10.8 Å². The lowest BCUT2D eigenvalue weighted by molar-refractivity contribution is 0.0982. The van der Waals surface area contributed by atoms with Crippen LogP contribution in [0.25, 0.3) is 10.2 Å². The Bertz CT molecular complexity index is 553. The van der Waals surface area contributed by atoms with Crippen LogP contribution < -0.4 is 4.87 Å². The van der Waals surface area contributed by atoms with Crippen molar-refractivity contribution < 1.29 is 4.79 Å². The Morgan fingerprint density at radius 1 is 1.47 bits per heavy atom. The molecular formula is C11H11NO2S. The molecule has 3 nitrogen and oxygen atoms in total. The molecule has 0 aliphatic rings. The summed E-state index contributed by atoms with van der Waals surface area (Å²) in [5.41, 5.74) is 1.44. The van der Waals surface area contributed by atoms with E-state index < -0.39 is 0 Å². The van der Waals surface area contributed by atoms with E-state index >= 15 is 0 Å². The topological polar surface area (TPSA) is 49.9 Å². The predicted molar refractivity (Wildman–Crippen MR) is 61.7 cm³/mol. The number of aromatic nitrogens is 1. The van der Waals surface area contributed by atoms with Gasteiger partial charge in [0.05, 0.1) is 10.2 Å². The van der Waals surface area contributed by atoms with Gasteiger partial charge in [-0.3, -0.25) is 9.59 Å². The Morgan fingerprint density at radius 3 is 3.00 bits per heavy atom. The molecule has 0 fully saturated rings. The highest BCUT2D eigenvalue weighted by molar-refractivity contribution is 7.16. The van der Waals surface area contributed by atoms with Crippen LogP contribution in [0, 0.1) is 0 Å². The lowest BCUT2D eigenvalue weighted by Gasteiger charge is -1.98. The van der Waals surface area contributed by atoms with E-state index in [1.165, 1.54) is 0 Å². The van der Waals surface area contributed by atoms with E-state index in [2.05, 4.69) is 4.98 Å². The molecule has 0 amide bonds.